The predicted molar refractivity (Wildman–Crippen MR) is 122 cm³/mol. The minimum absolute atomic E-state index is 0.143. The average molecular weight is 420 g/mol. The minimum atomic E-state index is -0.367. The second kappa shape index (κ2) is 10.4. The number of carbonyl (C=O) groups excluding carboxylic acids is 2. The van der Waals surface area contributed by atoms with Crippen LogP contribution >= 0.6 is 0 Å². The van der Waals surface area contributed by atoms with Crippen LogP contribution in [0.5, 0.6) is 0 Å². The largest absolute Gasteiger partial charge is 0.352 e. The average Bonchev–Trinajstić information content (AvgIpc) is 2.75. The molecule has 0 bridgehead atoms. The van der Waals surface area contributed by atoms with Gasteiger partial charge in [-0.2, -0.15) is 0 Å². The Kier molecular flexibility index (Phi) is 7.38. The molecule has 0 aliphatic carbocycles. The summed E-state index contributed by atoms with van der Waals surface area (Å²) in [7, 11) is 0. The molecule has 3 amide bonds. The summed E-state index contributed by atoms with van der Waals surface area (Å²) < 4.78 is 13.4. The zero-order valence-electron chi connectivity index (χ0n) is 17.7. The highest BCUT2D eigenvalue weighted by Gasteiger charge is 2.16. The highest BCUT2D eigenvalue weighted by atomic mass is 19.1. The quantitative estimate of drug-likeness (QED) is 0.511. The molecule has 0 radical (unpaired) electrons. The van der Waals surface area contributed by atoms with E-state index in [-0.39, 0.29) is 17.8 Å². The number of rotatable bonds is 7. The molecule has 0 spiro atoms. The molecule has 0 unspecified atom stereocenters. The minimum Gasteiger partial charge on any atom is -0.352 e. The number of nitrogens with zero attached hydrogens (tertiary/aromatic N) is 1. The number of anilines is 2. The Hall–Kier alpha value is -3.67. The summed E-state index contributed by atoms with van der Waals surface area (Å²) in [6.45, 7) is 4.60. The third-order valence-corrected chi connectivity index (χ3v) is 4.89. The highest BCUT2D eigenvalue weighted by molar-refractivity contribution is 6.01. The molecule has 0 aliphatic rings. The van der Waals surface area contributed by atoms with Gasteiger partial charge in [0.1, 0.15) is 5.82 Å². The maximum absolute atomic E-state index is 13.4. The van der Waals surface area contributed by atoms with Crippen molar-refractivity contribution in [2.24, 2.45) is 0 Å². The van der Waals surface area contributed by atoms with Crippen LogP contribution in [0.25, 0.3) is 0 Å². The van der Waals surface area contributed by atoms with Crippen molar-refractivity contribution in [1.82, 2.24) is 5.32 Å². The monoisotopic (exact) mass is 419 g/mol. The second-order valence-corrected chi connectivity index (χ2v) is 7.35. The molecule has 2 N–H and O–H groups in total. The van der Waals surface area contributed by atoms with Gasteiger partial charge in [-0.3, -0.25) is 9.69 Å². The van der Waals surface area contributed by atoms with Gasteiger partial charge in [-0.15, -0.1) is 0 Å². The summed E-state index contributed by atoms with van der Waals surface area (Å²) in [5.41, 5.74) is 3.84. The lowest BCUT2D eigenvalue weighted by Gasteiger charge is -2.23. The van der Waals surface area contributed by atoms with Crippen molar-refractivity contribution in [3.8, 4) is 0 Å². The Balaban J connectivity index is 1.64. The van der Waals surface area contributed by atoms with E-state index in [0.29, 0.717) is 36.4 Å². The molecule has 0 saturated heterocycles. The van der Waals surface area contributed by atoms with Crippen LogP contribution in [0.15, 0.2) is 72.8 Å². The molecule has 6 heteroatoms. The number of urea groups is 1. The topological polar surface area (TPSA) is 61.4 Å². The zero-order chi connectivity index (χ0) is 22.2. The summed E-state index contributed by atoms with van der Waals surface area (Å²) in [4.78, 5) is 26.9. The van der Waals surface area contributed by atoms with Gasteiger partial charge in [0.2, 0.25) is 0 Å². The van der Waals surface area contributed by atoms with Crippen molar-refractivity contribution >= 4 is 23.3 Å². The summed E-state index contributed by atoms with van der Waals surface area (Å²) in [6.07, 6.45) is 0.538. The van der Waals surface area contributed by atoms with Crippen LogP contribution in [0.2, 0.25) is 0 Å². The van der Waals surface area contributed by atoms with Crippen LogP contribution in [0.4, 0.5) is 20.6 Å². The van der Waals surface area contributed by atoms with Crippen molar-refractivity contribution in [3.05, 3.63) is 95.3 Å². The molecule has 0 atom stereocenters. The SMILES string of the molecule is Cc1cccc(NC(=O)N(CCCNC(=O)c2ccccc2C)c2ccc(F)cc2)c1. The third kappa shape index (κ3) is 6.15. The number of carbonyl (C=O) groups is 2. The smallest absolute Gasteiger partial charge is 0.326 e. The van der Waals surface area contributed by atoms with Gasteiger partial charge in [0.05, 0.1) is 0 Å². The van der Waals surface area contributed by atoms with E-state index in [4.69, 9.17) is 0 Å². The maximum atomic E-state index is 13.4. The van der Waals surface area contributed by atoms with E-state index in [1.165, 1.54) is 12.1 Å². The van der Waals surface area contributed by atoms with Crippen LogP contribution in [-0.2, 0) is 0 Å². The molecule has 0 saturated carbocycles. The van der Waals surface area contributed by atoms with Crippen molar-refractivity contribution in [2.75, 3.05) is 23.3 Å². The third-order valence-electron chi connectivity index (χ3n) is 4.89. The Bertz CT molecular complexity index is 1050. The number of aryl methyl sites for hydroxylation is 2. The van der Waals surface area contributed by atoms with Gasteiger partial charge in [0, 0.05) is 30.0 Å². The van der Waals surface area contributed by atoms with Crippen molar-refractivity contribution in [1.29, 1.82) is 0 Å². The van der Waals surface area contributed by atoms with Crippen molar-refractivity contribution in [2.45, 2.75) is 20.3 Å². The van der Waals surface area contributed by atoms with E-state index in [9.17, 15) is 14.0 Å². The molecule has 0 fully saturated rings. The van der Waals surface area contributed by atoms with Gasteiger partial charge in [-0.25, -0.2) is 9.18 Å². The summed E-state index contributed by atoms with van der Waals surface area (Å²) >= 11 is 0. The first-order chi connectivity index (χ1) is 14.9. The lowest BCUT2D eigenvalue weighted by atomic mass is 10.1. The summed E-state index contributed by atoms with van der Waals surface area (Å²) in [5, 5.41) is 5.78. The van der Waals surface area contributed by atoms with Crippen LogP contribution in [-0.4, -0.2) is 25.0 Å². The predicted octanol–water partition coefficient (Wildman–Crippen LogP) is 5.30. The van der Waals surface area contributed by atoms with Gasteiger partial charge >= 0.3 is 6.03 Å². The lowest BCUT2D eigenvalue weighted by molar-refractivity contribution is 0.0953. The van der Waals surface area contributed by atoms with Gasteiger partial charge in [0.15, 0.2) is 0 Å². The second-order valence-electron chi connectivity index (χ2n) is 7.35. The number of hydrogen-bond donors (Lipinski definition) is 2. The molecule has 3 rings (SSSR count). The molecule has 0 aromatic heterocycles. The molecular formula is C25H26FN3O2. The molecule has 31 heavy (non-hydrogen) atoms. The number of halogens is 1. The van der Waals surface area contributed by atoms with Gasteiger partial charge in [0.25, 0.3) is 5.91 Å². The number of nitrogens with one attached hydrogen (secondary N) is 2. The van der Waals surface area contributed by atoms with Crippen LogP contribution in [0.1, 0.15) is 27.9 Å². The highest BCUT2D eigenvalue weighted by Crippen LogP contribution is 2.18. The van der Waals surface area contributed by atoms with E-state index in [0.717, 1.165) is 11.1 Å². The Morgan fingerprint density at radius 3 is 2.39 bits per heavy atom. The first kappa shape index (κ1) is 22.0. The normalized spacial score (nSPS) is 10.4. The Morgan fingerprint density at radius 2 is 1.68 bits per heavy atom. The fraction of sp³-hybridized carbons (Fsp3) is 0.200. The molecular weight excluding hydrogens is 393 g/mol. The van der Waals surface area contributed by atoms with E-state index >= 15 is 0 Å². The van der Waals surface area contributed by atoms with Crippen LogP contribution in [0, 0.1) is 19.7 Å². The van der Waals surface area contributed by atoms with Crippen LogP contribution < -0.4 is 15.5 Å². The lowest BCUT2D eigenvalue weighted by Crippen LogP contribution is -2.37. The molecule has 3 aromatic rings. The van der Waals surface area contributed by atoms with E-state index < -0.39 is 0 Å². The fourth-order valence-corrected chi connectivity index (χ4v) is 3.24. The molecule has 0 aliphatic heterocycles. The first-order valence-electron chi connectivity index (χ1n) is 10.2. The molecule has 0 heterocycles. The van der Waals surface area contributed by atoms with Gasteiger partial charge < -0.3 is 10.6 Å². The van der Waals surface area contributed by atoms with E-state index in [1.807, 2.05) is 56.3 Å². The van der Waals surface area contributed by atoms with Crippen LogP contribution in [0.3, 0.4) is 0 Å². The van der Waals surface area contributed by atoms with Crippen molar-refractivity contribution < 1.29 is 14.0 Å². The molecule has 160 valence electrons. The van der Waals surface area contributed by atoms with Gasteiger partial charge in [-0.05, 0) is 73.9 Å². The first-order valence-corrected chi connectivity index (χ1v) is 10.2. The summed E-state index contributed by atoms with van der Waals surface area (Å²) in [5.74, 6) is -0.510. The molecule has 5 nitrogen and oxygen atoms in total. The van der Waals surface area contributed by atoms with E-state index in [2.05, 4.69) is 10.6 Å². The fourth-order valence-electron chi connectivity index (χ4n) is 3.24. The zero-order valence-corrected chi connectivity index (χ0v) is 17.7. The molecule has 3 aromatic carbocycles. The number of benzene rings is 3. The maximum Gasteiger partial charge on any atom is 0.326 e. The van der Waals surface area contributed by atoms with Gasteiger partial charge in [-0.1, -0.05) is 30.3 Å². The summed E-state index contributed by atoms with van der Waals surface area (Å²) in [6, 6.07) is 20.4. The van der Waals surface area contributed by atoms with E-state index in [1.54, 1.807) is 23.1 Å². The Labute approximate surface area is 181 Å². The number of hydrogen-bond acceptors (Lipinski definition) is 2. The Morgan fingerprint density at radius 1 is 0.935 bits per heavy atom. The number of amides is 3. The standard InChI is InChI=1S/C25H26FN3O2/c1-18-7-5-9-21(17-18)28-25(31)29(22-13-11-20(26)12-14-22)16-6-15-27-24(30)23-10-4-3-8-19(23)2/h3-5,7-14,17H,6,15-16H2,1-2H3,(H,27,30)(H,28,31). The van der Waals surface area contributed by atoms with Crippen molar-refractivity contribution in [3.63, 3.8) is 0 Å².